The molecule has 0 bridgehead atoms. The summed E-state index contributed by atoms with van der Waals surface area (Å²) >= 11 is 0. The van der Waals surface area contributed by atoms with Crippen molar-refractivity contribution in [2.45, 2.75) is 70.8 Å². The van der Waals surface area contributed by atoms with Gasteiger partial charge in [-0.25, -0.2) is 0 Å². The Balaban J connectivity index is 1.99. The fraction of sp³-hybridized carbons (Fsp3) is 0.619. The molecule has 1 heterocycles. The molecular weight excluding hydrogens is 284 g/mol. The molecule has 0 aromatic heterocycles. The molecule has 2 aliphatic rings. The highest BCUT2D eigenvalue weighted by molar-refractivity contribution is 5.53. The molecule has 23 heavy (non-hydrogen) atoms. The van der Waals surface area contributed by atoms with Gasteiger partial charge in [0, 0.05) is 17.4 Å². The number of fused-ring (bicyclic) bond motifs is 3. The molecule has 1 aromatic carbocycles. The molecule has 2 atom stereocenters. The Labute approximate surface area is 140 Å². The maximum atomic E-state index is 6.46. The molecule has 0 saturated heterocycles. The second kappa shape index (κ2) is 6.59. The Morgan fingerprint density at radius 1 is 1.17 bits per heavy atom. The molecule has 0 saturated carbocycles. The van der Waals surface area contributed by atoms with Gasteiger partial charge in [0.05, 0.1) is 7.11 Å². The van der Waals surface area contributed by atoms with Crippen molar-refractivity contribution in [1.82, 2.24) is 0 Å². The van der Waals surface area contributed by atoms with E-state index in [0.717, 1.165) is 30.8 Å². The van der Waals surface area contributed by atoms with Gasteiger partial charge >= 0.3 is 0 Å². The second-order valence-electron chi connectivity index (χ2n) is 7.53. The van der Waals surface area contributed by atoms with Crippen LogP contribution in [0, 0.1) is 5.92 Å². The Bertz CT molecular complexity index is 586. The van der Waals surface area contributed by atoms with E-state index in [2.05, 4.69) is 45.1 Å². The minimum atomic E-state index is -0.116. The monoisotopic (exact) mass is 314 g/mol. The number of hydrogen-bond donors (Lipinski definition) is 0. The lowest BCUT2D eigenvalue weighted by molar-refractivity contribution is 0.00838. The van der Waals surface area contributed by atoms with Gasteiger partial charge in [-0.15, -0.1) is 0 Å². The zero-order valence-corrected chi connectivity index (χ0v) is 15.0. The number of rotatable bonds is 5. The summed E-state index contributed by atoms with van der Waals surface area (Å²) < 4.78 is 12.2. The molecule has 3 rings (SSSR count). The van der Waals surface area contributed by atoms with Crippen LogP contribution in [0.4, 0.5) is 0 Å². The summed E-state index contributed by atoms with van der Waals surface area (Å²) in [7, 11) is 1.79. The molecule has 1 aliphatic carbocycles. The lowest BCUT2D eigenvalue weighted by atomic mass is 9.68. The van der Waals surface area contributed by atoms with Crippen LogP contribution in [-0.4, -0.2) is 12.7 Å². The van der Waals surface area contributed by atoms with Gasteiger partial charge < -0.3 is 9.47 Å². The van der Waals surface area contributed by atoms with E-state index in [1.807, 2.05) is 0 Å². The lowest BCUT2D eigenvalue weighted by Gasteiger charge is -2.46. The average Bonchev–Trinajstić information content (AvgIpc) is 2.54. The fourth-order valence-electron chi connectivity index (χ4n) is 4.26. The van der Waals surface area contributed by atoms with Crippen molar-refractivity contribution in [2.24, 2.45) is 5.92 Å². The summed E-state index contributed by atoms with van der Waals surface area (Å²) in [4.78, 5) is 0. The number of benzene rings is 1. The number of aryl methyl sites for hydroxylation is 1. The van der Waals surface area contributed by atoms with Gasteiger partial charge in [-0.1, -0.05) is 31.9 Å². The number of hydrogen-bond acceptors (Lipinski definition) is 2. The van der Waals surface area contributed by atoms with Gasteiger partial charge in [0.2, 0.25) is 0 Å². The first-order valence-electron chi connectivity index (χ1n) is 9.11. The summed E-state index contributed by atoms with van der Waals surface area (Å²) in [6, 6.07) is 4.51. The molecule has 0 amide bonds. The Hall–Kier alpha value is -1.44. The topological polar surface area (TPSA) is 18.5 Å². The first-order chi connectivity index (χ1) is 11.1. The number of methoxy groups -OCH3 is 1. The largest absolute Gasteiger partial charge is 0.496 e. The van der Waals surface area contributed by atoms with Gasteiger partial charge in [-0.05, 0) is 57.2 Å². The molecular formula is C21H30O2. The SMILES string of the molecule is CCCCCc1cc(OC)c2c(c1)OC(C)(C)[C@@H]1CC=CC[C@@H]21. The van der Waals surface area contributed by atoms with Crippen LogP contribution in [0.3, 0.4) is 0 Å². The highest BCUT2D eigenvalue weighted by Gasteiger charge is 2.45. The molecule has 0 unspecified atom stereocenters. The molecule has 0 N–H and O–H groups in total. The summed E-state index contributed by atoms with van der Waals surface area (Å²) in [5.41, 5.74) is 2.52. The molecule has 0 spiro atoms. The van der Waals surface area contributed by atoms with E-state index < -0.39 is 0 Å². The third-order valence-corrected chi connectivity index (χ3v) is 5.52. The molecule has 0 radical (unpaired) electrons. The molecule has 2 heteroatoms. The zero-order chi connectivity index (χ0) is 16.4. The number of allylic oxidation sites excluding steroid dienone is 2. The van der Waals surface area contributed by atoms with E-state index in [1.165, 1.54) is 30.4 Å². The zero-order valence-electron chi connectivity index (χ0n) is 15.0. The van der Waals surface area contributed by atoms with Gasteiger partial charge in [0.1, 0.15) is 17.1 Å². The van der Waals surface area contributed by atoms with Crippen molar-refractivity contribution in [2.75, 3.05) is 7.11 Å². The first-order valence-corrected chi connectivity index (χ1v) is 9.11. The van der Waals surface area contributed by atoms with E-state index in [1.54, 1.807) is 7.11 Å². The van der Waals surface area contributed by atoms with Crippen molar-refractivity contribution in [3.63, 3.8) is 0 Å². The molecule has 1 aromatic rings. The lowest BCUT2D eigenvalue weighted by Crippen LogP contribution is -2.45. The first kappa shape index (κ1) is 16.4. The quantitative estimate of drug-likeness (QED) is 0.516. The summed E-state index contributed by atoms with van der Waals surface area (Å²) in [6.07, 6.45) is 11.7. The normalized spacial score (nSPS) is 24.5. The van der Waals surface area contributed by atoms with E-state index in [-0.39, 0.29) is 5.60 Å². The maximum absolute atomic E-state index is 6.46. The standard InChI is InChI=1S/C21H30O2/c1-5-6-7-10-15-13-18(22-4)20-16-11-8-9-12-17(16)21(2,3)23-19(20)14-15/h8-9,13-14,16-17H,5-7,10-12H2,1-4H3/t16-,17-/m1/s1. The Morgan fingerprint density at radius 3 is 2.70 bits per heavy atom. The predicted molar refractivity (Wildman–Crippen MR) is 95.5 cm³/mol. The third kappa shape index (κ3) is 3.13. The van der Waals surface area contributed by atoms with Crippen LogP contribution < -0.4 is 9.47 Å². The van der Waals surface area contributed by atoms with Crippen LogP contribution in [0.2, 0.25) is 0 Å². The molecule has 2 nitrogen and oxygen atoms in total. The van der Waals surface area contributed by atoms with Gasteiger partial charge in [-0.2, -0.15) is 0 Å². The van der Waals surface area contributed by atoms with Crippen LogP contribution in [0.25, 0.3) is 0 Å². The Kier molecular flexibility index (Phi) is 4.70. The third-order valence-electron chi connectivity index (χ3n) is 5.52. The van der Waals surface area contributed by atoms with Crippen molar-refractivity contribution in [1.29, 1.82) is 0 Å². The van der Waals surface area contributed by atoms with Gasteiger partial charge in [0.15, 0.2) is 0 Å². The van der Waals surface area contributed by atoms with Crippen LogP contribution in [0.5, 0.6) is 11.5 Å². The van der Waals surface area contributed by atoms with Crippen molar-refractivity contribution in [3.05, 3.63) is 35.4 Å². The van der Waals surface area contributed by atoms with E-state index in [0.29, 0.717) is 11.8 Å². The minimum absolute atomic E-state index is 0.116. The van der Waals surface area contributed by atoms with Crippen LogP contribution in [0.1, 0.15) is 69.9 Å². The molecule has 126 valence electrons. The predicted octanol–water partition coefficient (Wildman–Crippen LogP) is 5.65. The van der Waals surface area contributed by atoms with Crippen LogP contribution >= 0.6 is 0 Å². The second-order valence-corrected chi connectivity index (χ2v) is 7.53. The minimum Gasteiger partial charge on any atom is -0.496 e. The molecule has 1 aliphatic heterocycles. The maximum Gasteiger partial charge on any atom is 0.127 e. The van der Waals surface area contributed by atoms with Crippen LogP contribution in [0.15, 0.2) is 24.3 Å². The fourth-order valence-corrected chi connectivity index (χ4v) is 4.26. The van der Waals surface area contributed by atoms with Crippen LogP contribution in [-0.2, 0) is 6.42 Å². The average molecular weight is 314 g/mol. The number of ether oxygens (including phenoxy) is 2. The van der Waals surface area contributed by atoms with Gasteiger partial charge in [-0.3, -0.25) is 0 Å². The summed E-state index contributed by atoms with van der Waals surface area (Å²) in [5.74, 6) is 3.12. The summed E-state index contributed by atoms with van der Waals surface area (Å²) in [6.45, 7) is 6.72. The summed E-state index contributed by atoms with van der Waals surface area (Å²) in [5, 5.41) is 0. The van der Waals surface area contributed by atoms with Crippen molar-refractivity contribution in [3.8, 4) is 11.5 Å². The van der Waals surface area contributed by atoms with E-state index in [4.69, 9.17) is 9.47 Å². The molecule has 0 fully saturated rings. The highest BCUT2D eigenvalue weighted by Crippen LogP contribution is 2.53. The van der Waals surface area contributed by atoms with Crippen molar-refractivity contribution >= 4 is 0 Å². The smallest absolute Gasteiger partial charge is 0.127 e. The number of unbranched alkanes of at least 4 members (excludes halogenated alkanes) is 2. The Morgan fingerprint density at radius 2 is 1.96 bits per heavy atom. The van der Waals surface area contributed by atoms with Gasteiger partial charge in [0.25, 0.3) is 0 Å². The van der Waals surface area contributed by atoms with Crippen molar-refractivity contribution < 1.29 is 9.47 Å². The highest BCUT2D eigenvalue weighted by atomic mass is 16.5. The van der Waals surface area contributed by atoms with E-state index >= 15 is 0 Å². The van der Waals surface area contributed by atoms with E-state index in [9.17, 15) is 0 Å².